The van der Waals surface area contributed by atoms with Gasteiger partial charge in [-0.3, -0.25) is 18.6 Å². The molecule has 0 amide bonds. The number of nitrogens with zero attached hydrogens (tertiary/aromatic N) is 1. The van der Waals surface area contributed by atoms with Crippen LogP contribution in [-0.2, 0) is 32.7 Å². The standard InChI is InChI=1S/C32H56NO9P/c1-5-6-7-8-9-10-11-12-13-14-15-16-17-18-19-20-21-23-32(36)42-30(28-34)29-39-31(35)24-22-26-40-43(37,38)41-27-25-33(2,3)4/h9-10,12-13,15-16,18-19,30,34H,5-8,11,14,17,20-29H2,1-4H3/p+1/b10-9-,13-12-,16-15-,19-18-. The maximum absolute atomic E-state index is 12.1. The lowest BCUT2D eigenvalue weighted by Gasteiger charge is -2.24. The van der Waals surface area contributed by atoms with Gasteiger partial charge >= 0.3 is 19.8 Å². The number of phosphoric acid groups is 1. The molecule has 0 aliphatic carbocycles. The molecule has 2 atom stereocenters. The van der Waals surface area contributed by atoms with Gasteiger partial charge in [0.2, 0.25) is 0 Å². The predicted octanol–water partition coefficient (Wildman–Crippen LogP) is 6.20. The van der Waals surface area contributed by atoms with E-state index in [1.165, 1.54) is 25.7 Å². The molecular weight excluding hydrogens is 573 g/mol. The van der Waals surface area contributed by atoms with Crippen LogP contribution in [0.25, 0.3) is 0 Å². The first-order valence-corrected chi connectivity index (χ1v) is 17.0. The van der Waals surface area contributed by atoms with Crippen molar-refractivity contribution in [3.8, 4) is 0 Å². The number of rotatable bonds is 27. The van der Waals surface area contributed by atoms with Gasteiger partial charge in [0.15, 0.2) is 6.10 Å². The summed E-state index contributed by atoms with van der Waals surface area (Å²) in [6.07, 6.45) is 25.6. The van der Waals surface area contributed by atoms with E-state index in [1.807, 2.05) is 27.2 Å². The average molecular weight is 631 g/mol. The Bertz CT molecular complexity index is 894. The number of carbonyl (C=O) groups excluding carboxylic acids is 2. The fourth-order valence-electron chi connectivity index (χ4n) is 3.42. The van der Waals surface area contributed by atoms with E-state index in [4.69, 9.17) is 18.5 Å². The lowest BCUT2D eigenvalue weighted by atomic mass is 10.2. The molecule has 0 saturated heterocycles. The van der Waals surface area contributed by atoms with Crippen LogP contribution in [-0.4, -0.2) is 86.6 Å². The van der Waals surface area contributed by atoms with Gasteiger partial charge in [0.25, 0.3) is 0 Å². The van der Waals surface area contributed by atoms with Crippen molar-refractivity contribution >= 4 is 19.8 Å². The summed E-state index contributed by atoms with van der Waals surface area (Å²) < 4.78 is 32.4. The van der Waals surface area contributed by atoms with E-state index >= 15 is 0 Å². The largest absolute Gasteiger partial charge is 0.472 e. The van der Waals surface area contributed by atoms with Gasteiger partial charge in [0.1, 0.15) is 19.8 Å². The number of esters is 2. The molecule has 2 unspecified atom stereocenters. The maximum atomic E-state index is 12.1. The molecule has 0 spiro atoms. The van der Waals surface area contributed by atoms with Crippen molar-refractivity contribution in [1.82, 2.24) is 0 Å². The fourth-order valence-corrected chi connectivity index (χ4v) is 4.16. The van der Waals surface area contributed by atoms with Crippen LogP contribution < -0.4 is 0 Å². The van der Waals surface area contributed by atoms with Gasteiger partial charge < -0.3 is 24.0 Å². The van der Waals surface area contributed by atoms with E-state index in [-0.39, 0.29) is 39.1 Å². The van der Waals surface area contributed by atoms with Crippen LogP contribution in [0.4, 0.5) is 0 Å². The van der Waals surface area contributed by atoms with Gasteiger partial charge in [0.05, 0.1) is 34.4 Å². The number of hydrogen-bond donors (Lipinski definition) is 2. The van der Waals surface area contributed by atoms with Crippen molar-refractivity contribution < 1.29 is 47.2 Å². The minimum absolute atomic E-state index is 0.0606. The second-order valence-corrected chi connectivity index (χ2v) is 12.7. The number of hydrogen-bond acceptors (Lipinski definition) is 8. The average Bonchev–Trinajstić information content (AvgIpc) is 2.94. The second-order valence-electron chi connectivity index (χ2n) is 11.2. The van der Waals surface area contributed by atoms with E-state index in [1.54, 1.807) is 0 Å². The van der Waals surface area contributed by atoms with Crippen LogP contribution >= 0.6 is 7.82 Å². The zero-order valence-corrected chi connectivity index (χ0v) is 27.8. The third kappa shape index (κ3) is 29.8. The SMILES string of the molecule is CCCCC/C=C\C/C=C\C/C=C\C/C=C\CCCC(=O)OC(CO)COC(=O)CCCOP(=O)(O)OCC[N+](C)(C)C. The third-order valence-electron chi connectivity index (χ3n) is 5.94. The Morgan fingerprint density at radius 3 is 1.86 bits per heavy atom. The first-order chi connectivity index (χ1) is 20.5. The van der Waals surface area contributed by atoms with Gasteiger partial charge in [-0.25, -0.2) is 4.57 Å². The summed E-state index contributed by atoms with van der Waals surface area (Å²) in [5, 5.41) is 9.45. The molecule has 0 heterocycles. The number of ether oxygens (including phenoxy) is 2. The predicted molar refractivity (Wildman–Crippen MR) is 170 cm³/mol. The topological polar surface area (TPSA) is 129 Å². The molecule has 248 valence electrons. The molecule has 0 aromatic heterocycles. The normalized spacial score (nSPS) is 14.7. The van der Waals surface area contributed by atoms with Crippen LogP contribution in [0.3, 0.4) is 0 Å². The van der Waals surface area contributed by atoms with Gasteiger partial charge in [-0.05, 0) is 51.4 Å². The highest BCUT2D eigenvalue weighted by atomic mass is 31.2. The highest BCUT2D eigenvalue weighted by Crippen LogP contribution is 2.43. The Morgan fingerprint density at radius 1 is 0.767 bits per heavy atom. The summed E-state index contributed by atoms with van der Waals surface area (Å²) in [5.74, 6) is -1.07. The molecule has 0 aromatic rings. The summed E-state index contributed by atoms with van der Waals surface area (Å²) in [6, 6.07) is 0. The van der Waals surface area contributed by atoms with Gasteiger partial charge in [-0.15, -0.1) is 0 Å². The summed E-state index contributed by atoms with van der Waals surface area (Å²) in [5.41, 5.74) is 0. The quantitative estimate of drug-likeness (QED) is 0.0358. The molecule has 0 rings (SSSR count). The van der Waals surface area contributed by atoms with Gasteiger partial charge in [-0.1, -0.05) is 68.4 Å². The highest BCUT2D eigenvalue weighted by Gasteiger charge is 2.22. The molecular formula is C32H57NO9P+. The van der Waals surface area contributed by atoms with E-state index in [2.05, 4.69) is 49.5 Å². The number of likely N-dealkylation sites (N-methyl/N-ethyl adjacent to an activating group) is 1. The maximum Gasteiger partial charge on any atom is 0.472 e. The molecule has 0 bridgehead atoms. The minimum Gasteiger partial charge on any atom is -0.462 e. The number of allylic oxidation sites excluding steroid dienone is 8. The van der Waals surface area contributed by atoms with Crippen LogP contribution in [0.2, 0.25) is 0 Å². The molecule has 0 radical (unpaired) electrons. The van der Waals surface area contributed by atoms with Gasteiger partial charge in [0, 0.05) is 12.8 Å². The Kier molecular flexibility index (Phi) is 25.1. The smallest absolute Gasteiger partial charge is 0.462 e. The number of aliphatic hydroxyl groups excluding tert-OH is 1. The zero-order chi connectivity index (χ0) is 32.2. The van der Waals surface area contributed by atoms with Crippen molar-refractivity contribution in [3.05, 3.63) is 48.6 Å². The van der Waals surface area contributed by atoms with Crippen LogP contribution in [0.1, 0.15) is 84.0 Å². The Balaban J connectivity index is 3.91. The molecule has 43 heavy (non-hydrogen) atoms. The summed E-state index contributed by atoms with van der Waals surface area (Å²) >= 11 is 0. The number of carbonyl (C=O) groups is 2. The lowest BCUT2D eigenvalue weighted by Crippen LogP contribution is -2.37. The monoisotopic (exact) mass is 630 g/mol. The van der Waals surface area contributed by atoms with Crippen LogP contribution in [0, 0.1) is 0 Å². The molecule has 0 aromatic carbocycles. The number of unbranched alkanes of at least 4 members (excludes halogenated alkanes) is 4. The van der Waals surface area contributed by atoms with Crippen LogP contribution in [0.5, 0.6) is 0 Å². The third-order valence-corrected chi connectivity index (χ3v) is 6.96. The molecule has 0 fully saturated rings. The van der Waals surface area contributed by atoms with Crippen molar-refractivity contribution in [2.24, 2.45) is 0 Å². The van der Waals surface area contributed by atoms with Crippen LogP contribution in [0.15, 0.2) is 48.6 Å². The highest BCUT2D eigenvalue weighted by molar-refractivity contribution is 7.47. The summed E-state index contributed by atoms with van der Waals surface area (Å²) in [7, 11) is 1.60. The molecule has 2 N–H and O–H groups in total. The van der Waals surface area contributed by atoms with Crippen molar-refractivity contribution in [2.75, 3.05) is 54.1 Å². The van der Waals surface area contributed by atoms with E-state index in [9.17, 15) is 24.2 Å². The van der Waals surface area contributed by atoms with E-state index < -0.39 is 32.5 Å². The zero-order valence-electron chi connectivity index (χ0n) is 26.9. The summed E-state index contributed by atoms with van der Waals surface area (Å²) in [6.45, 7) is 1.90. The number of quaternary nitrogens is 1. The van der Waals surface area contributed by atoms with Crippen molar-refractivity contribution in [3.63, 3.8) is 0 Å². The Labute approximate surface area is 259 Å². The molecule has 0 aliphatic heterocycles. The molecule has 10 nitrogen and oxygen atoms in total. The van der Waals surface area contributed by atoms with Gasteiger partial charge in [-0.2, -0.15) is 0 Å². The van der Waals surface area contributed by atoms with E-state index in [0.717, 1.165) is 25.7 Å². The minimum atomic E-state index is -4.18. The van der Waals surface area contributed by atoms with E-state index in [0.29, 0.717) is 17.4 Å². The fraction of sp³-hybridized carbons (Fsp3) is 0.688. The Morgan fingerprint density at radius 2 is 1.30 bits per heavy atom. The lowest BCUT2D eigenvalue weighted by molar-refractivity contribution is -0.870. The molecule has 0 aliphatic rings. The summed E-state index contributed by atoms with van der Waals surface area (Å²) in [4.78, 5) is 33.6. The Hall–Kier alpha value is -2.07. The first kappa shape index (κ1) is 40.9. The second kappa shape index (κ2) is 26.3. The van der Waals surface area contributed by atoms with Crippen molar-refractivity contribution in [1.29, 1.82) is 0 Å². The molecule has 11 heteroatoms. The first-order valence-electron chi connectivity index (χ1n) is 15.5. The number of aliphatic hydroxyl groups is 1. The van der Waals surface area contributed by atoms with Crippen molar-refractivity contribution in [2.45, 2.75) is 90.1 Å². The number of phosphoric ester groups is 1. The molecule has 0 saturated carbocycles.